The molecule has 4 nitrogen and oxygen atoms in total. The fraction of sp³-hybridized carbons (Fsp3) is 0.875. The number of carbonyl (C=O) groups is 2. The quantitative estimate of drug-likeness (QED) is 0.401. The molecule has 0 rings (SSSR count). The van der Waals surface area contributed by atoms with Gasteiger partial charge in [-0.1, -0.05) is 49.3 Å². The van der Waals surface area contributed by atoms with Crippen molar-refractivity contribution in [1.29, 1.82) is 0 Å². The summed E-state index contributed by atoms with van der Waals surface area (Å²) >= 11 is 0. The largest absolute Gasteiger partial charge is 0.462 e. The minimum atomic E-state index is -0.297. The molecule has 0 spiro atoms. The van der Waals surface area contributed by atoms with Crippen LogP contribution in [-0.2, 0) is 19.1 Å². The fourth-order valence-electron chi connectivity index (χ4n) is 1.68. The Hall–Kier alpha value is -0.360. The van der Waals surface area contributed by atoms with E-state index in [-0.39, 0.29) is 34.6 Å². The molecule has 0 aromatic carbocycles. The third-order valence-electron chi connectivity index (χ3n) is 3.40. The Morgan fingerprint density at radius 3 is 1.23 bits per heavy atom. The van der Waals surface area contributed by atoms with Crippen LogP contribution in [0.1, 0.15) is 67.2 Å². The van der Waals surface area contributed by atoms with E-state index in [1.165, 1.54) is 21.6 Å². The molecule has 0 heterocycles. The number of esters is 2. The first-order chi connectivity index (χ1) is 10.4. The lowest BCUT2D eigenvalue weighted by atomic mass is 10.2. The van der Waals surface area contributed by atoms with Crippen LogP contribution in [0.5, 0.6) is 0 Å². The Bertz CT molecular complexity index is 296. The molecular formula is C16H30O4S2. The minimum absolute atomic E-state index is 0.0159. The number of hydrogen-bond donors (Lipinski definition) is 0. The van der Waals surface area contributed by atoms with Gasteiger partial charge in [0.2, 0.25) is 0 Å². The van der Waals surface area contributed by atoms with Crippen LogP contribution in [0.4, 0.5) is 0 Å². The van der Waals surface area contributed by atoms with Crippen molar-refractivity contribution >= 4 is 33.5 Å². The first kappa shape index (κ1) is 21.6. The van der Waals surface area contributed by atoms with Gasteiger partial charge in [0.1, 0.15) is 22.7 Å². The maximum absolute atomic E-state index is 12.0. The van der Waals surface area contributed by atoms with Crippen LogP contribution in [0.15, 0.2) is 0 Å². The molecule has 2 unspecified atom stereocenters. The third-order valence-corrected chi connectivity index (χ3v) is 6.53. The molecule has 130 valence electrons. The standard InChI is InChI=1S/C16H30O4S2/c1-7-13(8-2)19-15(17)11(5)21-22-12(6)16(18)20-14(9-3)10-4/h11-14H,7-10H2,1-6H3. The van der Waals surface area contributed by atoms with E-state index in [1.54, 1.807) is 13.8 Å². The molecule has 0 saturated carbocycles. The van der Waals surface area contributed by atoms with Crippen LogP contribution in [0.3, 0.4) is 0 Å². The Balaban J connectivity index is 4.19. The number of rotatable bonds is 11. The highest BCUT2D eigenvalue weighted by Gasteiger charge is 2.23. The average Bonchev–Trinajstić information content (AvgIpc) is 2.54. The van der Waals surface area contributed by atoms with Crippen molar-refractivity contribution in [3.63, 3.8) is 0 Å². The van der Waals surface area contributed by atoms with Crippen LogP contribution < -0.4 is 0 Å². The summed E-state index contributed by atoms with van der Waals surface area (Å²) in [5.41, 5.74) is 0. The van der Waals surface area contributed by atoms with Gasteiger partial charge in [0, 0.05) is 0 Å². The van der Waals surface area contributed by atoms with Gasteiger partial charge in [-0.3, -0.25) is 9.59 Å². The van der Waals surface area contributed by atoms with Crippen LogP contribution in [0.25, 0.3) is 0 Å². The van der Waals surface area contributed by atoms with Gasteiger partial charge in [0.05, 0.1) is 0 Å². The predicted octanol–water partition coefficient (Wildman–Crippen LogP) is 4.61. The van der Waals surface area contributed by atoms with Gasteiger partial charge in [-0.05, 0) is 39.5 Å². The topological polar surface area (TPSA) is 52.6 Å². The van der Waals surface area contributed by atoms with Crippen molar-refractivity contribution in [2.45, 2.75) is 89.9 Å². The van der Waals surface area contributed by atoms with Crippen molar-refractivity contribution in [3.8, 4) is 0 Å². The Morgan fingerprint density at radius 2 is 1.00 bits per heavy atom. The van der Waals surface area contributed by atoms with Crippen LogP contribution >= 0.6 is 21.6 Å². The number of hydrogen-bond acceptors (Lipinski definition) is 6. The maximum atomic E-state index is 12.0. The summed E-state index contributed by atoms with van der Waals surface area (Å²) in [5, 5.41) is -0.594. The summed E-state index contributed by atoms with van der Waals surface area (Å²) < 4.78 is 10.8. The fourth-order valence-corrected chi connectivity index (χ4v) is 3.75. The van der Waals surface area contributed by atoms with Gasteiger partial charge >= 0.3 is 11.9 Å². The van der Waals surface area contributed by atoms with E-state index in [2.05, 4.69) is 0 Å². The smallest absolute Gasteiger partial charge is 0.319 e. The second-order valence-electron chi connectivity index (χ2n) is 5.23. The highest BCUT2D eigenvalue weighted by atomic mass is 33.1. The molecule has 0 bridgehead atoms. The first-order valence-electron chi connectivity index (χ1n) is 8.12. The Kier molecular flexibility index (Phi) is 11.9. The van der Waals surface area contributed by atoms with E-state index in [4.69, 9.17) is 9.47 Å². The molecule has 6 heteroatoms. The van der Waals surface area contributed by atoms with Crippen molar-refractivity contribution < 1.29 is 19.1 Å². The molecule has 0 aliphatic heterocycles. The summed E-state index contributed by atoms with van der Waals surface area (Å²) in [5.74, 6) is -0.432. The molecule has 0 fully saturated rings. The predicted molar refractivity (Wildman–Crippen MR) is 95.0 cm³/mol. The van der Waals surface area contributed by atoms with E-state index in [9.17, 15) is 9.59 Å². The monoisotopic (exact) mass is 350 g/mol. The molecule has 0 aromatic heterocycles. The zero-order valence-corrected chi connectivity index (χ0v) is 16.2. The molecule has 2 atom stereocenters. The lowest BCUT2D eigenvalue weighted by Gasteiger charge is -2.19. The molecular weight excluding hydrogens is 320 g/mol. The lowest BCUT2D eigenvalue weighted by Crippen LogP contribution is -2.25. The van der Waals surface area contributed by atoms with Crippen molar-refractivity contribution in [3.05, 3.63) is 0 Å². The van der Waals surface area contributed by atoms with E-state index in [1.807, 2.05) is 27.7 Å². The van der Waals surface area contributed by atoms with E-state index in [0.717, 1.165) is 25.7 Å². The molecule has 0 aliphatic rings. The van der Waals surface area contributed by atoms with Gasteiger partial charge in [-0.15, -0.1) is 0 Å². The third kappa shape index (κ3) is 8.32. The summed E-state index contributed by atoms with van der Waals surface area (Å²) in [4.78, 5) is 23.9. The molecule has 0 aromatic rings. The summed E-state index contributed by atoms with van der Waals surface area (Å²) in [7, 11) is 2.73. The van der Waals surface area contributed by atoms with E-state index >= 15 is 0 Å². The Morgan fingerprint density at radius 1 is 0.727 bits per heavy atom. The van der Waals surface area contributed by atoms with Gasteiger partial charge in [-0.2, -0.15) is 0 Å². The second kappa shape index (κ2) is 12.1. The highest BCUT2D eigenvalue weighted by Crippen LogP contribution is 2.32. The van der Waals surface area contributed by atoms with Crippen molar-refractivity contribution in [1.82, 2.24) is 0 Å². The maximum Gasteiger partial charge on any atom is 0.319 e. The van der Waals surface area contributed by atoms with Crippen LogP contribution in [-0.4, -0.2) is 34.6 Å². The summed E-state index contributed by atoms with van der Waals surface area (Å²) in [6.07, 6.45) is 3.27. The highest BCUT2D eigenvalue weighted by molar-refractivity contribution is 8.77. The van der Waals surface area contributed by atoms with Crippen molar-refractivity contribution in [2.75, 3.05) is 0 Å². The van der Waals surface area contributed by atoms with Gasteiger partial charge in [0.25, 0.3) is 0 Å². The van der Waals surface area contributed by atoms with E-state index in [0.29, 0.717) is 0 Å². The lowest BCUT2D eigenvalue weighted by molar-refractivity contribution is -0.149. The number of carbonyl (C=O) groups excluding carboxylic acids is 2. The van der Waals surface area contributed by atoms with Crippen LogP contribution in [0, 0.1) is 0 Å². The van der Waals surface area contributed by atoms with Gasteiger partial charge in [0.15, 0.2) is 0 Å². The first-order valence-corrected chi connectivity index (χ1v) is 10.4. The molecule has 0 radical (unpaired) electrons. The molecule has 0 amide bonds. The normalized spacial score (nSPS) is 14.0. The second-order valence-corrected chi connectivity index (χ2v) is 8.18. The number of ether oxygens (including phenoxy) is 2. The molecule has 0 aliphatic carbocycles. The van der Waals surface area contributed by atoms with E-state index < -0.39 is 0 Å². The zero-order chi connectivity index (χ0) is 17.1. The minimum Gasteiger partial charge on any atom is -0.462 e. The average molecular weight is 351 g/mol. The molecule has 22 heavy (non-hydrogen) atoms. The molecule has 0 N–H and O–H groups in total. The molecule has 0 saturated heterocycles. The Labute approximate surface area is 142 Å². The van der Waals surface area contributed by atoms with Gasteiger partial charge < -0.3 is 9.47 Å². The summed E-state index contributed by atoms with van der Waals surface area (Å²) in [6.45, 7) is 11.6. The van der Waals surface area contributed by atoms with Crippen LogP contribution in [0.2, 0.25) is 0 Å². The van der Waals surface area contributed by atoms with Crippen molar-refractivity contribution in [2.24, 2.45) is 0 Å². The zero-order valence-electron chi connectivity index (χ0n) is 14.6. The SMILES string of the molecule is CCC(CC)OC(=O)C(C)SSC(C)C(=O)OC(CC)CC. The summed E-state index contributed by atoms with van der Waals surface area (Å²) in [6, 6.07) is 0. The van der Waals surface area contributed by atoms with Gasteiger partial charge in [-0.25, -0.2) is 0 Å².